The fourth-order valence-corrected chi connectivity index (χ4v) is 2.12. The van der Waals surface area contributed by atoms with Crippen LogP contribution in [0.1, 0.15) is 18.7 Å². The van der Waals surface area contributed by atoms with Crippen LogP contribution in [0.2, 0.25) is 5.02 Å². The Balaban J connectivity index is 2.20. The molecule has 1 aliphatic rings. The molecule has 0 spiro atoms. The number of aliphatic carboxylic acids is 1. The van der Waals surface area contributed by atoms with E-state index >= 15 is 0 Å². The first-order valence-electron chi connectivity index (χ1n) is 5.02. The number of para-hydroxylation sites is 1. The van der Waals surface area contributed by atoms with Gasteiger partial charge in [0.25, 0.3) is 0 Å². The summed E-state index contributed by atoms with van der Waals surface area (Å²) in [6.07, 6.45) is 1.28. The van der Waals surface area contributed by atoms with Crippen molar-refractivity contribution in [3.05, 3.63) is 29.0 Å². The monoisotopic (exact) mass is 236 g/mol. The predicted octanol–water partition coefficient (Wildman–Crippen LogP) is 2.33. The number of imidazole rings is 1. The van der Waals surface area contributed by atoms with Crippen molar-refractivity contribution in [2.75, 3.05) is 0 Å². The number of rotatable bonds is 2. The van der Waals surface area contributed by atoms with Crippen LogP contribution in [0.3, 0.4) is 0 Å². The zero-order valence-electron chi connectivity index (χ0n) is 8.33. The van der Waals surface area contributed by atoms with Gasteiger partial charge in [0, 0.05) is 0 Å². The largest absolute Gasteiger partial charge is 0.480 e. The summed E-state index contributed by atoms with van der Waals surface area (Å²) in [6.45, 7) is 0. The SMILES string of the molecule is O=C(O)C1(c2nc3c(Cl)cccc3[nH]2)CC1. The summed E-state index contributed by atoms with van der Waals surface area (Å²) >= 11 is 5.99. The molecule has 0 radical (unpaired) electrons. The molecule has 1 saturated carbocycles. The van der Waals surface area contributed by atoms with Gasteiger partial charge in [-0.25, -0.2) is 4.98 Å². The summed E-state index contributed by atoms with van der Waals surface area (Å²) in [5, 5.41) is 9.70. The molecule has 0 aliphatic heterocycles. The van der Waals surface area contributed by atoms with E-state index in [4.69, 9.17) is 16.7 Å². The molecule has 0 bridgehead atoms. The molecule has 0 unspecified atom stereocenters. The lowest BCUT2D eigenvalue weighted by Crippen LogP contribution is -2.20. The van der Waals surface area contributed by atoms with E-state index in [0.29, 0.717) is 29.2 Å². The van der Waals surface area contributed by atoms with Crippen LogP contribution in [0.4, 0.5) is 0 Å². The van der Waals surface area contributed by atoms with Crippen LogP contribution in [0.15, 0.2) is 18.2 Å². The Hall–Kier alpha value is -1.55. The molecule has 3 rings (SSSR count). The second-order valence-corrected chi connectivity index (χ2v) is 4.52. The lowest BCUT2D eigenvalue weighted by atomic mass is 10.1. The van der Waals surface area contributed by atoms with Gasteiger partial charge < -0.3 is 10.1 Å². The number of benzene rings is 1. The Labute approximate surface area is 96.3 Å². The van der Waals surface area contributed by atoms with E-state index in [0.717, 1.165) is 5.52 Å². The number of carboxylic acids is 1. The quantitative estimate of drug-likeness (QED) is 0.841. The molecule has 0 atom stereocenters. The molecule has 82 valence electrons. The summed E-state index contributed by atoms with van der Waals surface area (Å²) < 4.78 is 0. The molecule has 5 heteroatoms. The Bertz CT molecular complexity index is 587. The van der Waals surface area contributed by atoms with Gasteiger partial charge in [0.05, 0.1) is 10.5 Å². The summed E-state index contributed by atoms with van der Waals surface area (Å²) in [5.41, 5.74) is 0.629. The van der Waals surface area contributed by atoms with Gasteiger partial charge >= 0.3 is 5.97 Å². The van der Waals surface area contributed by atoms with Crippen LogP contribution in [-0.2, 0) is 10.2 Å². The molecule has 0 saturated heterocycles. The summed E-state index contributed by atoms with van der Waals surface area (Å²) in [4.78, 5) is 18.5. The maximum atomic E-state index is 11.2. The van der Waals surface area contributed by atoms with E-state index < -0.39 is 11.4 Å². The topological polar surface area (TPSA) is 66.0 Å². The maximum absolute atomic E-state index is 11.2. The Morgan fingerprint density at radius 3 is 2.81 bits per heavy atom. The fourth-order valence-electron chi connectivity index (χ4n) is 1.90. The van der Waals surface area contributed by atoms with Crippen LogP contribution in [0, 0.1) is 0 Å². The third kappa shape index (κ3) is 1.16. The van der Waals surface area contributed by atoms with Crippen molar-refractivity contribution in [3.63, 3.8) is 0 Å². The van der Waals surface area contributed by atoms with Gasteiger partial charge in [0.15, 0.2) is 0 Å². The standard InChI is InChI=1S/C11H9ClN2O2/c12-6-2-1-3-7-8(6)14-9(13-7)11(4-5-11)10(15)16/h1-3H,4-5H2,(H,13,14)(H,15,16). The van der Waals surface area contributed by atoms with Gasteiger partial charge in [-0.3, -0.25) is 4.79 Å². The number of carbonyl (C=O) groups is 1. The van der Waals surface area contributed by atoms with Crippen LogP contribution in [0.25, 0.3) is 11.0 Å². The molecule has 1 aromatic heterocycles. The van der Waals surface area contributed by atoms with E-state index in [2.05, 4.69) is 9.97 Å². The summed E-state index contributed by atoms with van der Waals surface area (Å²) in [6, 6.07) is 5.40. The van der Waals surface area contributed by atoms with Gasteiger partial charge in [0.1, 0.15) is 16.8 Å². The first-order valence-corrected chi connectivity index (χ1v) is 5.39. The number of carboxylic acid groups (broad SMARTS) is 1. The summed E-state index contributed by atoms with van der Waals surface area (Å²) in [5.74, 6) is -0.300. The zero-order valence-corrected chi connectivity index (χ0v) is 9.08. The van der Waals surface area contributed by atoms with Crippen molar-refractivity contribution in [1.29, 1.82) is 0 Å². The number of fused-ring (bicyclic) bond motifs is 1. The smallest absolute Gasteiger partial charge is 0.317 e. The van der Waals surface area contributed by atoms with E-state index in [1.165, 1.54) is 0 Å². The molecule has 2 aromatic rings. The molecule has 1 heterocycles. The number of aromatic nitrogens is 2. The molecule has 1 aliphatic carbocycles. The Morgan fingerprint density at radius 2 is 2.25 bits per heavy atom. The first kappa shape index (κ1) is 9.66. The highest BCUT2D eigenvalue weighted by atomic mass is 35.5. The van der Waals surface area contributed by atoms with E-state index in [1.807, 2.05) is 12.1 Å². The zero-order chi connectivity index (χ0) is 11.3. The average Bonchev–Trinajstić information content (AvgIpc) is 2.94. The fraction of sp³-hybridized carbons (Fsp3) is 0.273. The van der Waals surface area contributed by atoms with Gasteiger partial charge in [-0.2, -0.15) is 0 Å². The highest BCUT2D eigenvalue weighted by molar-refractivity contribution is 6.34. The van der Waals surface area contributed by atoms with Gasteiger partial charge in [-0.15, -0.1) is 0 Å². The number of hydrogen-bond donors (Lipinski definition) is 2. The third-order valence-electron chi connectivity index (χ3n) is 3.08. The minimum atomic E-state index is -0.817. The Morgan fingerprint density at radius 1 is 1.50 bits per heavy atom. The van der Waals surface area contributed by atoms with Crippen molar-refractivity contribution in [2.45, 2.75) is 18.3 Å². The second-order valence-electron chi connectivity index (χ2n) is 4.11. The summed E-state index contributed by atoms with van der Waals surface area (Å²) in [7, 11) is 0. The van der Waals surface area contributed by atoms with E-state index in [1.54, 1.807) is 6.07 Å². The molecule has 1 fully saturated rings. The van der Waals surface area contributed by atoms with E-state index in [9.17, 15) is 4.79 Å². The molecule has 4 nitrogen and oxygen atoms in total. The molecular weight excluding hydrogens is 228 g/mol. The number of aromatic amines is 1. The van der Waals surface area contributed by atoms with Gasteiger partial charge in [-0.05, 0) is 25.0 Å². The lowest BCUT2D eigenvalue weighted by molar-refractivity contribution is -0.140. The molecule has 16 heavy (non-hydrogen) atoms. The second kappa shape index (κ2) is 2.98. The highest BCUT2D eigenvalue weighted by Gasteiger charge is 2.54. The number of nitrogens with one attached hydrogen (secondary N) is 1. The maximum Gasteiger partial charge on any atom is 0.317 e. The lowest BCUT2D eigenvalue weighted by Gasteiger charge is -2.03. The third-order valence-corrected chi connectivity index (χ3v) is 3.38. The average molecular weight is 237 g/mol. The molecule has 0 amide bonds. The van der Waals surface area contributed by atoms with Crippen molar-refractivity contribution in [2.24, 2.45) is 0 Å². The normalized spacial score (nSPS) is 17.6. The molecule has 1 aromatic carbocycles. The Kier molecular flexibility index (Phi) is 1.80. The van der Waals surface area contributed by atoms with Gasteiger partial charge in [-0.1, -0.05) is 17.7 Å². The minimum absolute atomic E-state index is 0.517. The van der Waals surface area contributed by atoms with Crippen LogP contribution in [0.5, 0.6) is 0 Å². The first-order chi connectivity index (χ1) is 7.63. The van der Waals surface area contributed by atoms with Crippen molar-refractivity contribution < 1.29 is 9.90 Å². The van der Waals surface area contributed by atoms with Crippen molar-refractivity contribution >= 4 is 28.6 Å². The van der Waals surface area contributed by atoms with Crippen molar-refractivity contribution in [1.82, 2.24) is 9.97 Å². The van der Waals surface area contributed by atoms with Crippen LogP contribution < -0.4 is 0 Å². The number of halogens is 1. The van der Waals surface area contributed by atoms with Crippen LogP contribution in [-0.4, -0.2) is 21.0 Å². The predicted molar refractivity (Wildman–Crippen MR) is 59.7 cm³/mol. The van der Waals surface area contributed by atoms with Crippen LogP contribution >= 0.6 is 11.6 Å². The number of nitrogens with zero attached hydrogens (tertiary/aromatic N) is 1. The van der Waals surface area contributed by atoms with Gasteiger partial charge in [0.2, 0.25) is 0 Å². The minimum Gasteiger partial charge on any atom is -0.480 e. The number of H-pyrrole nitrogens is 1. The van der Waals surface area contributed by atoms with E-state index in [-0.39, 0.29) is 0 Å². The van der Waals surface area contributed by atoms with Crippen molar-refractivity contribution in [3.8, 4) is 0 Å². The number of hydrogen-bond acceptors (Lipinski definition) is 2. The highest BCUT2D eigenvalue weighted by Crippen LogP contribution is 2.47. The molecular formula is C11H9ClN2O2. The molecule has 2 N–H and O–H groups in total.